The topological polar surface area (TPSA) is 26.0 Å². The summed E-state index contributed by atoms with van der Waals surface area (Å²) in [6, 6.07) is 2.39. The molecule has 0 amide bonds. The molecule has 0 bridgehead atoms. The highest BCUT2D eigenvalue weighted by Gasteiger charge is 2.33. The van der Waals surface area contributed by atoms with Gasteiger partial charge >= 0.3 is 6.18 Å². The lowest BCUT2D eigenvalue weighted by Gasteiger charge is -2.11. The van der Waals surface area contributed by atoms with E-state index in [1.54, 1.807) is 0 Å². The minimum Gasteiger partial charge on any atom is -0.326 e. The van der Waals surface area contributed by atoms with Gasteiger partial charge in [0, 0.05) is 15.5 Å². The summed E-state index contributed by atoms with van der Waals surface area (Å²) in [6.45, 7) is 0.192. The highest BCUT2D eigenvalue weighted by Crippen LogP contribution is 2.37. The van der Waals surface area contributed by atoms with Crippen LogP contribution in [0.15, 0.2) is 21.1 Å². The molecule has 2 N–H and O–H groups in total. The monoisotopic (exact) mass is 331 g/mol. The van der Waals surface area contributed by atoms with Crippen LogP contribution in [0.3, 0.4) is 0 Å². The summed E-state index contributed by atoms with van der Waals surface area (Å²) >= 11 is 5.89. The maximum atomic E-state index is 12.4. The van der Waals surface area contributed by atoms with Crippen molar-refractivity contribution in [2.24, 2.45) is 5.73 Å². The molecule has 0 saturated heterocycles. The van der Waals surface area contributed by atoms with Gasteiger partial charge in [-0.2, -0.15) is 13.2 Å². The molecule has 0 radical (unpaired) electrons. The molecule has 0 aliphatic rings. The minimum absolute atomic E-state index is 0.00801. The molecule has 0 unspecified atom stereocenters. The van der Waals surface area contributed by atoms with Crippen molar-refractivity contribution >= 4 is 31.9 Å². The van der Waals surface area contributed by atoms with Crippen LogP contribution in [-0.2, 0) is 12.7 Å². The van der Waals surface area contributed by atoms with Gasteiger partial charge in [-0.1, -0.05) is 31.9 Å². The van der Waals surface area contributed by atoms with Crippen molar-refractivity contribution in [1.82, 2.24) is 0 Å². The van der Waals surface area contributed by atoms with Crippen LogP contribution in [0.4, 0.5) is 13.2 Å². The highest BCUT2D eigenvalue weighted by atomic mass is 79.9. The maximum absolute atomic E-state index is 12.4. The molecule has 1 aromatic rings. The predicted octanol–water partition coefficient (Wildman–Crippen LogP) is 3.69. The van der Waals surface area contributed by atoms with Crippen LogP contribution in [0.2, 0.25) is 0 Å². The van der Waals surface area contributed by atoms with Crippen molar-refractivity contribution < 1.29 is 13.2 Å². The molecule has 0 heterocycles. The van der Waals surface area contributed by atoms with Crippen molar-refractivity contribution in [3.63, 3.8) is 0 Å². The quantitative estimate of drug-likeness (QED) is 0.834. The van der Waals surface area contributed by atoms with E-state index < -0.39 is 11.7 Å². The fraction of sp³-hybridized carbons (Fsp3) is 0.250. The minimum atomic E-state index is -4.35. The van der Waals surface area contributed by atoms with Crippen molar-refractivity contribution in [2.45, 2.75) is 12.7 Å². The van der Waals surface area contributed by atoms with Crippen LogP contribution in [0.5, 0.6) is 0 Å². The van der Waals surface area contributed by atoms with E-state index >= 15 is 0 Å². The zero-order valence-corrected chi connectivity index (χ0v) is 10.0. The largest absolute Gasteiger partial charge is 0.417 e. The zero-order chi connectivity index (χ0) is 10.9. The van der Waals surface area contributed by atoms with Gasteiger partial charge in [-0.05, 0) is 17.7 Å². The molecule has 0 aliphatic carbocycles. The van der Waals surface area contributed by atoms with Gasteiger partial charge in [0.1, 0.15) is 0 Å². The SMILES string of the molecule is NCc1cc(Br)c(C(F)(F)F)cc1Br. The van der Waals surface area contributed by atoms with Crippen LogP contribution < -0.4 is 5.73 Å². The number of alkyl halides is 3. The zero-order valence-electron chi connectivity index (χ0n) is 6.83. The molecular weight excluding hydrogens is 327 g/mol. The third-order valence-corrected chi connectivity index (χ3v) is 3.06. The van der Waals surface area contributed by atoms with Crippen LogP contribution >= 0.6 is 31.9 Å². The number of nitrogens with two attached hydrogens (primary N) is 1. The average Bonchev–Trinajstić information content (AvgIpc) is 2.06. The van der Waals surface area contributed by atoms with Crippen LogP contribution in [0, 0.1) is 0 Å². The summed E-state index contributed by atoms with van der Waals surface area (Å²) in [5.41, 5.74) is 5.27. The molecule has 1 rings (SSSR count). The Labute approximate surface area is 95.7 Å². The number of hydrogen-bond acceptors (Lipinski definition) is 1. The highest BCUT2D eigenvalue weighted by molar-refractivity contribution is 9.11. The van der Waals surface area contributed by atoms with Gasteiger partial charge in [0.05, 0.1) is 5.56 Å². The van der Waals surface area contributed by atoms with Crippen molar-refractivity contribution in [1.29, 1.82) is 0 Å². The maximum Gasteiger partial charge on any atom is 0.417 e. The van der Waals surface area contributed by atoms with Gasteiger partial charge in [-0.3, -0.25) is 0 Å². The van der Waals surface area contributed by atoms with E-state index in [0.29, 0.717) is 10.0 Å². The van der Waals surface area contributed by atoms with E-state index in [1.165, 1.54) is 6.07 Å². The Bertz CT molecular complexity index is 349. The number of halogens is 5. The van der Waals surface area contributed by atoms with Gasteiger partial charge in [0.15, 0.2) is 0 Å². The molecule has 6 heteroatoms. The normalized spacial score (nSPS) is 11.9. The summed E-state index contributed by atoms with van der Waals surface area (Å²) in [5.74, 6) is 0. The van der Waals surface area contributed by atoms with Crippen molar-refractivity contribution in [3.8, 4) is 0 Å². The first kappa shape index (κ1) is 12.0. The van der Waals surface area contributed by atoms with Crippen LogP contribution in [0.25, 0.3) is 0 Å². The Balaban J connectivity index is 3.29. The van der Waals surface area contributed by atoms with Crippen LogP contribution in [-0.4, -0.2) is 0 Å². The van der Waals surface area contributed by atoms with Crippen molar-refractivity contribution in [3.05, 3.63) is 32.2 Å². The van der Waals surface area contributed by atoms with Gasteiger partial charge in [-0.25, -0.2) is 0 Å². The Morgan fingerprint density at radius 3 is 2.14 bits per heavy atom. The van der Waals surface area contributed by atoms with E-state index in [0.717, 1.165) is 6.07 Å². The molecular formula is C8H6Br2F3N. The van der Waals surface area contributed by atoms with Crippen LogP contribution in [0.1, 0.15) is 11.1 Å². The van der Waals surface area contributed by atoms with Gasteiger partial charge in [0.25, 0.3) is 0 Å². The Hall–Kier alpha value is -0.0700. The van der Waals surface area contributed by atoms with E-state index in [1.807, 2.05) is 0 Å². The molecule has 78 valence electrons. The molecule has 0 aliphatic heterocycles. The Morgan fingerprint density at radius 1 is 1.14 bits per heavy atom. The van der Waals surface area contributed by atoms with Gasteiger partial charge in [0.2, 0.25) is 0 Å². The molecule has 1 nitrogen and oxygen atoms in total. The fourth-order valence-corrected chi connectivity index (χ4v) is 2.08. The second kappa shape index (κ2) is 4.20. The summed E-state index contributed by atoms with van der Waals surface area (Å²) in [4.78, 5) is 0. The summed E-state index contributed by atoms with van der Waals surface area (Å²) in [6.07, 6.45) is -4.35. The predicted molar refractivity (Wildman–Crippen MR) is 54.7 cm³/mol. The third-order valence-electron chi connectivity index (χ3n) is 1.66. The van der Waals surface area contributed by atoms with Crippen molar-refractivity contribution in [2.75, 3.05) is 0 Å². The number of hydrogen-bond donors (Lipinski definition) is 1. The number of benzene rings is 1. The second-order valence-corrected chi connectivity index (χ2v) is 4.33. The first-order valence-corrected chi connectivity index (χ1v) is 5.20. The third kappa shape index (κ3) is 2.49. The van der Waals surface area contributed by atoms with E-state index in [2.05, 4.69) is 31.9 Å². The van der Waals surface area contributed by atoms with Gasteiger partial charge in [-0.15, -0.1) is 0 Å². The first-order chi connectivity index (χ1) is 6.36. The van der Waals surface area contributed by atoms with E-state index in [9.17, 15) is 13.2 Å². The molecule has 0 fully saturated rings. The molecule has 0 spiro atoms. The molecule has 1 aromatic carbocycles. The lowest BCUT2D eigenvalue weighted by molar-refractivity contribution is -0.138. The Kier molecular flexibility index (Phi) is 3.60. The standard InChI is InChI=1S/C8H6Br2F3N/c9-6-2-5(8(11,12)13)7(10)1-4(6)3-14/h1-2H,3,14H2. The fourth-order valence-electron chi connectivity index (χ4n) is 0.962. The van der Waals surface area contributed by atoms with E-state index in [4.69, 9.17) is 5.73 Å². The smallest absolute Gasteiger partial charge is 0.326 e. The summed E-state index contributed by atoms with van der Waals surface area (Å²) < 4.78 is 37.5. The molecule has 0 atom stereocenters. The average molecular weight is 333 g/mol. The second-order valence-electron chi connectivity index (χ2n) is 2.63. The van der Waals surface area contributed by atoms with E-state index in [-0.39, 0.29) is 11.0 Å². The lowest BCUT2D eigenvalue weighted by atomic mass is 10.1. The number of rotatable bonds is 1. The molecule has 0 saturated carbocycles. The molecule has 0 aromatic heterocycles. The summed E-state index contributed by atoms with van der Waals surface area (Å²) in [5, 5.41) is 0. The first-order valence-electron chi connectivity index (χ1n) is 3.61. The lowest BCUT2D eigenvalue weighted by Crippen LogP contribution is -2.08. The summed E-state index contributed by atoms with van der Waals surface area (Å²) in [7, 11) is 0. The van der Waals surface area contributed by atoms with Gasteiger partial charge < -0.3 is 5.73 Å². The molecule has 14 heavy (non-hydrogen) atoms. The Morgan fingerprint density at radius 2 is 1.71 bits per heavy atom.